The highest BCUT2D eigenvalue weighted by molar-refractivity contribution is 7.92. The van der Waals surface area contributed by atoms with Crippen molar-refractivity contribution in [3.63, 3.8) is 0 Å². The topological polar surface area (TPSA) is 84.2 Å². The van der Waals surface area contributed by atoms with Crippen LogP contribution in [0, 0.1) is 6.92 Å². The number of anilines is 2. The van der Waals surface area contributed by atoms with E-state index in [4.69, 9.17) is 4.52 Å². The molecule has 0 saturated heterocycles. The van der Waals surface area contributed by atoms with E-state index in [1.165, 1.54) is 6.07 Å². The molecule has 6 nitrogen and oxygen atoms in total. The van der Waals surface area contributed by atoms with Gasteiger partial charge in [-0.1, -0.05) is 24.2 Å². The number of aryl methyl sites for hydroxylation is 1. The van der Waals surface area contributed by atoms with Crippen LogP contribution >= 0.6 is 0 Å². The Hall–Kier alpha value is -2.02. The predicted molar refractivity (Wildman–Crippen MR) is 77.3 cm³/mol. The average molecular weight is 295 g/mol. The Morgan fingerprint density at radius 3 is 2.70 bits per heavy atom. The quantitative estimate of drug-likeness (QED) is 0.855. The van der Waals surface area contributed by atoms with Crippen LogP contribution in [0.15, 0.2) is 39.8 Å². The van der Waals surface area contributed by atoms with Crippen LogP contribution in [-0.2, 0) is 10.0 Å². The van der Waals surface area contributed by atoms with E-state index in [2.05, 4.69) is 15.2 Å². The third-order valence-electron chi connectivity index (χ3n) is 2.60. The van der Waals surface area contributed by atoms with Crippen molar-refractivity contribution in [1.82, 2.24) is 5.16 Å². The fraction of sp³-hybridized carbons (Fsp3) is 0.308. The summed E-state index contributed by atoms with van der Waals surface area (Å²) < 4.78 is 32.0. The van der Waals surface area contributed by atoms with Gasteiger partial charge >= 0.3 is 0 Å². The monoisotopic (exact) mass is 295 g/mol. The first-order chi connectivity index (χ1) is 9.53. The van der Waals surface area contributed by atoms with E-state index in [0.717, 1.165) is 6.42 Å². The van der Waals surface area contributed by atoms with Gasteiger partial charge in [-0.25, -0.2) is 13.1 Å². The molecule has 0 unspecified atom stereocenters. The maximum absolute atomic E-state index is 12.4. The summed E-state index contributed by atoms with van der Waals surface area (Å²) in [6.45, 7) is 4.44. The van der Waals surface area contributed by atoms with Gasteiger partial charge in [-0.3, -0.25) is 0 Å². The van der Waals surface area contributed by atoms with Gasteiger partial charge in [0.1, 0.15) is 4.90 Å². The Kier molecular flexibility index (Phi) is 4.29. The second-order valence-electron chi connectivity index (χ2n) is 4.36. The van der Waals surface area contributed by atoms with Crippen LogP contribution in [0.1, 0.15) is 19.0 Å². The van der Waals surface area contributed by atoms with Gasteiger partial charge in [0.2, 0.25) is 5.88 Å². The molecule has 1 aromatic heterocycles. The van der Waals surface area contributed by atoms with Crippen molar-refractivity contribution in [3.05, 3.63) is 36.0 Å². The standard InChI is InChI=1S/C13H17N3O3S/c1-3-8-14-11-6-4-5-7-12(11)20(17,18)16-13-9-10(2)15-19-13/h4-7,9,14,16H,3,8H2,1-2H3. The van der Waals surface area contributed by atoms with E-state index in [9.17, 15) is 8.42 Å². The molecule has 1 aromatic carbocycles. The summed E-state index contributed by atoms with van der Waals surface area (Å²) in [7, 11) is -3.71. The number of benzene rings is 1. The molecule has 20 heavy (non-hydrogen) atoms. The molecule has 1 heterocycles. The maximum atomic E-state index is 12.4. The number of nitrogens with zero attached hydrogens (tertiary/aromatic N) is 1. The van der Waals surface area contributed by atoms with Crippen LogP contribution in [-0.4, -0.2) is 20.1 Å². The molecule has 0 aliphatic carbocycles. The van der Waals surface area contributed by atoms with Crippen LogP contribution in [0.3, 0.4) is 0 Å². The van der Waals surface area contributed by atoms with Crippen molar-refractivity contribution < 1.29 is 12.9 Å². The molecule has 2 rings (SSSR count). The predicted octanol–water partition coefficient (Wildman–Crippen LogP) is 2.61. The Bertz CT molecular complexity index is 680. The summed E-state index contributed by atoms with van der Waals surface area (Å²) >= 11 is 0. The first-order valence-corrected chi connectivity index (χ1v) is 7.80. The molecule has 0 radical (unpaired) electrons. The van der Waals surface area contributed by atoms with Crippen LogP contribution in [0.25, 0.3) is 0 Å². The molecule has 0 fully saturated rings. The zero-order chi connectivity index (χ0) is 14.6. The van der Waals surface area contributed by atoms with Crippen LogP contribution in [0.2, 0.25) is 0 Å². The Morgan fingerprint density at radius 1 is 1.30 bits per heavy atom. The number of para-hydroxylation sites is 1. The lowest BCUT2D eigenvalue weighted by Gasteiger charge is -2.11. The second-order valence-corrected chi connectivity index (χ2v) is 6.01. The smallest absolute Gasteiger partial charge is 0.266 e. The number of hydrogen-bond donors (Lipinski definition) is 2. The molecule has 0 aliphatic rings. The maximum Gasteiger partial charge on any atom is 0.266 e. The van der Waals surface area contributed by atoms with Gasteiger partial charge < -0.3 is 9.84 Å². The van der Waals surface area contributed by atoms with Gasteiger partial charge in [-0.05, 0) is 25.5 Å². The lowest BCUT2D eigenvalue weighted by Crippen LogP contribution is -2.15. The van der Waals surface area contributed by atoms with Crippen molar-refractivity contribution in [1.29, 1.82) is 0 Å². The summed E-state index contributed by atoms with van der Waals surface area (Å²) in [5.41, 5.74) is 1.18. The highest BCUT2D eigenvalue weighted by Gasteiger charge is 2.19. The number of hydrogen-bond acceptors (Lipinski definition) is 5. The van der Waals surface area contributed by atoms with Crippen molar-refractivity contribution in [2.45, 2.75) is 25.2 Å². The highest BCUT2D eigenvalue weighted by Crippen LogP contribution is 2.23. The number of aromatic nitrogens is 1. The molecule has 7 heteroatoms. The summed E-state index contributed by atoms with van der Waals surface area (Å²) in [6, 6.07) is 8.27. The third kappa shape index (κ3) is 3.30. The highest BCUT2D eigenvalue weighted by atomic mass is 32.2. The molecule has 0 saturated carbocycles. The van der Waals surface area contributed by atoms with E-state index < -0.39 is 10.0 Å². The molecule has 0 atom stereocenters. The first-order valence-electron chi connectivity index (χ1n) is 6.32. The second kappa shape index (κ2) is 5.96. The van der Waals surface area contributed by atoms with E-state index in [-0.39, 0.29) is 10.8 Å². The van der Waals surface area contributed by atoms with Gasteiger partial charge in [0.25, 0.3) is 10.0 Å². The zero-order valence-electron chi connectivity index (χ0n) is 11.4. The lowest BCUT2D eigenvalue weighted by atomic mass is 10.3. The summed E-state index contributed by atoms with van der Waals surface area (Å²) in [5, 5.41) is 6.74. The first kappa shape index (κ1) is 14.4. The zero-order valence-corrected chi connectivity index (χ0v) is 12.2. The fourth-order valence-electron chi connectivity index (χ4n) is 1.71. The molecule has 2 aromatic rings. The van der Waals surface area contributed by atoms with Crippen molar-refractivity contribution >= 4 is 21.6 Å². The molecule has 108 valence electrons. The fourth-order valence-corrected chi connectivity index (χ4v) is 2.86. The van der Waals surface area contributed by atoms with Crippen molar-refractivity contribution in [2.75, 3.05) is 16.6 Å². The van der Waals surface area contributed by atoms with E-state index in [0.29, 0.717) is 17.9 Å². The Balaban J connectivity index is 2.29. The lowest BCUT2D eigenvalue weighted by molar-refractivity contribution is 0.430. The van der Waals surface area contributed by atoms with Crippen LogP contribution < -0.4 is 10.0 Å². The number of nitrogens with one attached hydrogen (secondary N) is 2. The van der Waals surface area contributed by atoms with Crippen molar-refractivity contribution in [2.24, 2.45) is 0 Å². The number of rotatable bonds is 6. The largest absolute Gasteiger partial charge is 0.384 e. The average Bonchev–Trinajstić information content (AvgIpc) is 2.81. The van der Waals surface area contributed by atoms with Gasteiger partial charge in [-0.2, -0.15) is 0 Å². The van der Waals surface area contributed by atoms with Gasteiger partial charge in [-0.15, -0.1) is 0 Å². The molecule has 0 aliphatic heterocycles. The van der Waals surface area contributed by atoms with E-state index in [1.54, 1.807) is 31.2 Å². The SMILES string of the molecule is CCCNc1ccccc1S(=O)(=O)Nc1cc(C)no1. The summed E-state index contributed by atoms with van der Waals surface area (Å²) in [6.07, 6.45) is 0.906. The van der Waals surface area contributed by atoms with Gasteiger partial charge in [0.05, 0.1) is 11.4 Å². The summed E-state index contributed by atoms with van der Waals surface area (Å²) in [4.78, 5) is 0.183. The minimum Gasteiger partial charge on any atom is -0.384 e. The minimum absolute atomic E-state index is 0.104. The molecular formula is C13H17N3O3S. The number of sulfonamides is 1. The molecule has 0 amide bonds. The Labute approximate surface area is 118 Å². The van der Waals surface area contributed by atoms with Crippen LogP contribution in [0.4, 0.5) is 11.6 Å². The normalized spacial score (nSPS) is 11.3. The van der Waals surface area contributed by atoms with Gasteiger partial charge in [0, 0.05) is 12.6 Å². The van der Waals surface area contributed by atoms with Gasteiger partial charge in [0.15, 0.2) is 0 Å². The van der Waals surface area contributed by atoms with Crippen molar-refractivity contribution in [3.8, 4) is 0 Å². The molecular weight excluding hydrogens is 278 g/mol. The van der Waals surface area contributed by atoms with E-state index in [1.807, 2.05) is 6.92 Å². The minimum atomic E-state index is -3.71. The molecule has 0 spiro atoms. The third-order valence-corrected chi connectivity index (χ3v) is 4.01. The summed E-state index contributed by atoms with van der Waals surface area (Å²) in [5.74, 6) is 0.104. The van der Waals surface area contributed by atoms with E-state index >= 15 is 0 Å². The van der Waals surface area contributed by atoms with Crippen LogP contribution in [0.5, 0.6) is 0 Å². The molecule has 2 N–H and O–H groups in total. The molecule has 0 bridgehead atoms. The Morgan fingerprint density at radius 2 is 2.05 bits per heavy atom.